The molecule has 2 aromatic rings. The first-order chi connectivity index (χ1) is 13.2. The maximum atomic E-state index is 6.02. The summed E-state index contributed by atoms with van der Waals surface area (Å²) in [6.45, 7) is 11.9. The van der Waals surface area contributed by atoms with Crippen molar-refractivity contribution in [2.45, 2.75) is 33.2 Å². The summed E-state index contributed by atoms with van der Waals surface area (Å²) in [6.07, 6.45) is 1.03. The Labute approximate surface area is 163 Å². The number of ether oxygens (including phenoxy) is 2. The predicted molar refractivity (Wildman–Crippen MR) is 111 cm³/mol. The first-order valence-electron chi connectivity index (χ1n) is 10.2. The summed E-state index contributed by atoms with van der Waals surface area (Å²) in [5.74, 6) is 1.91. The number of rotatable bonds is 9. The molecule has 3 rings (SSSR count). The van der Waals surface area contributed by atoms with Gasteiger partial charge in [-0.3, -0.25) is 0 Å². The lowest BCUT2D eigenvalue weighted by molar-refractivity contribution is 0.222. The van der Waals surface area contributed by atoms with Crippen LogP contribution in [0.15, 0.2) is 42.5 Å². The van der Waals surface area contributed by atoms with E-state index in [9.17, 15) is 0 Å². The maximum Gasteiger partial charge on any atom is 0.119 e. The average molecular weight is 369 g/mol. The molecule has 0 radical (unpaired) electrons. The van der Waals surface area contributed by atoms with Gasteiger partial charge < -0.3 is 19.7 Å². The molecule has 0 aliphatic carbocycles. The van der Waals surface area contributed by atoms with E-state index in [1.807, 2.05) is 13.0 Å². The highest BCUT2D eigenvalue weighted by molar-refractivity contribution is 5.45. The van der Waals surface area contributed by atoms with Crippen LogP contribution in [0.5, 0.6) is 11.5 Å². The van der Waals surface area contributed by atoms with Crippen LogP contribution in [-0.4, -0.2) is 44.3 Å². The van der Waals surface area contributed by atoms with E-state index < -0.39 is 0 Å². The molecule has 0 saturated heterocycles. The van der Waals surface area contributed by atoms with Crippen molar-refractivity contribution in [3.8, 4) is 11.5 Å². The van der Waals surface area contributed by atoms with E-state index in [4.69, 9.17) is 9.47 Å². The molecule has 0 spiro atoms. The lowest BCUT2D eigenvalue weighted by Crippen LogP contribution is -2.30. The Hall–Kier alpha value is -2.04. The molecule has 27 heavy (non-hydrogen) atoms. The van der Waals surface area contributed by atoms with Gasteiger partial charge in [-0.05, 0) is 67.4 Å². The molecule has 1 aliphatic rings. The number of hydrogen-bond acceptors (Lipinski definition) is 4. The van der Waals surface area contributed by atoms with Gasteiger partial charge in [0.05, 0.1) is 12.6 Å². The Morgan fingerprint density at radius 3 is 2.59 bits per heavy atom. The summed E-state index contributed by atoms with van der Waals surface area (Å²) >= 11 is 0. The van der Waals surface area contributed by atoms with E-state index >= 15 is 0 Å². The van der Waals surface area contributed by atoms with Crippen molar-refractivity contribution in [2.75, 3.05) is 39.4 Å². The van der Waals surface area contributed by atoms with E-state index in [0.29, 0.717) is 6.61 Å². The van der Waals surface area contributed by atoms with Crippen LogP contribution in [0.2, 0.25) is 0 Å². The monoisotopic (exact) mass is 368 g/mol. The highest BCUT2D eigenvalue weighted by Crippen LogP contribution is 2.32. The fourth-order valence-electron chi connectivity index (χ4n) is 3.71. The fraction of sp³-hybridized carbons (Fsp3) is 0.478. The molecule has 1 heterocycles. The second kappa shape index (κ2) is 9.77. The molecule has 0 bridgehead atoms. The second-order valence-electron chi connectivity index (χ2n) is 6.88. The zero-order valence-corrected chi connectivity index (χ0v) is 16.8. The molecule has 1 unspecified atom stereocenters. The highest BCUT2D eigenvalue weighted by Gasteiger charge is 2.22. The van der Waals surface area contributed by atoms with Gasteiger partial charge in [0.2, 0.25) is 0 Å². The zero-order valence-electron chi connectivity index (χ0n) is 16.8. The SMILES string of the molecule is CCOc1cccc(C2NCCc3cc(OCCN(CC)CC)ccc32)c1. The largest absolute Gasteiger partial charge is 0.494 e. The maximum absolute atomic E-state index is 6.02. The molecule has 1 N–H and O–H groups in total. The normalized spacial score (nSPS) is 16.2. The lowest BCUT2D eigenvalue weighted by atomic mass is 9.89. The standard InChI is InChI=1S/C23H32N2O2/c1-4-25(5-2)14-15-27-21-10-11-22-18(16-21)12-13-24-23(22)19-8-7-9-20(17-19)26-6-3/h7-11,16-17,23-24H,4-6,12-15H2,1-3H3. The van der Waals surface area contributed by atoms with Gasteiger partial charge in [-0.2, -0.15) is 0 Å². The summed E-state index contributed by atoms with van der Waals surface area (Å²) in [5.41, 5.74) is 3.96. The Balaban J connectivity index is 1.72. The van der Waals surface area contributed by atoms with Gasteiger partial charge in [-0.1, -0.05) is 32.0 Å². The van der Waals surface area contributed by atoms with Crippen LogP contribution in [0, 0.1) is 0 Å². The summed E-state index contributed by atoms with van der Waals surface area (Å²) in [5, 5.41) is 3.65. The van der Waals surface area contributed by atoms with Gasteiger partial charge in [-0.15, -0.1) is 0 Å². The molecule has 2 aromatic carbocycles. The number of benzene rings is 2. The highest BCUT2D eigenvalue weighted by atomic mass is 16.5. The van der Waals surface area contributed by atoms with E-state index in [2.05, 4.69) is 60.5 Å². The van der Waals surface area contributed by atoms with Gasteiger partial charge in [0.25, 0.3) is 0 Å². The van der Waals surface area contributed by atoms with E-state index in [-0.39, 0.29) is 6.04 Å². The van der Waals surface area contributed by atoms with Crippen molar-refractivity contribution in [1.82, 2.24) is 10.2 Å². The van der Waals surface area contributed by atoms with E-state index in [1.165, 1.54) is 16.7 Å². The number of fused-ring (bicyclic) bond motifs is 1. The van der Waals surface area contributed by atoms with Crippen molar-refractivity contribution >= 4 is 0 Å². The van der Waals surface area contributed by atoms with Crippen LogP contribution < -0.4 is 14.8 Å². The predicted octanol–water partition coefficient (Wildman–Crippen LogP) is 4.04. The molecule has 0 aromatic heterocycles. The van der Waals surface area contributed by atoms with Gasteiger partial charge in [0.1, 0.15) is 18.1 Å². The Morgan fingerprint density at radius 1 is 1.00 bits per heavy atom. The van der Waals surface area contributed by atoms with Crippen molar-refractivity contribution in [3.05, 3.63) is 59.2 Å². The molecule has 0 amide bonds. The Morgan fingerprint density at radius 2 is 1.81 bits per heavy atom. The summed E-state index contributed by atoms with van der Waals surface area (Å²) < 4.78 is 11.7. The van der Waals surface area contributed by atoms with Crippen LogP contribution in [0.3, 0.4) is 0 Å². The molecule has 0 saturated carbocycles. The number of hydrogen-bond donors (Lipinski definition) is 1. The van der Waals surface area contributed by atoms with Gasteiger partial charge in [0.15, 0.2) is 0 Å². The smallest absolute Gasteiger partial charge is 0.119 e. The molecular weight excluding hydrogens is 336 g/mol. The Kier molecular flexibility index (Phi) is 7.13. The lowest BCUT2D eigenvalue weighted by Gasteiger charge is -2.28. The first kappa shape index (κ1) is 19.7. The van der Waals surface area contributed by atoms with E-state index in [0.717, 1.165) is 50.7 Å². The average Bonchev–Trinajstić information content (AvgIpc) is 2.71. The minimum absolute atomic E-state index is 0.207. The van der Waals surface area contributed by atoms with Crippen molar-refractivity contribution < 1.29 is 9.47 Å². The molecule has 4 heteroatoms. The summed E-state index contributed by atoms with van der Waals surface area (Å²) in [6, 6.07) is 15.1. The minimum atomic E-state index is 0.207. The zero-order chi connectivity index (χ0) is 19.1. The van der Waals surface area contributed by atoms with Gasteiger partial charge in [-0.25, -0.2) is 0 Å². The third kappa shape index (κ3) is 5.02. The fourth-order valence-corrected chi connectivity index (χ4v) is 3.71. The van der Waals surface area contributed by atoms with Crippen molar-refractivity contribution in [3.63, 3.8) is 0 Å². The number of likely N-dealkylation sites (N-methyl/N-ethyl adjacent to an activating group) is 1. The van der Waals surface area contributed by atoms with Crippen molar-refractivity contribution in [2.24, 2.45) is 0 Å². The van der Waals surface area contributed by atoms with Crippen molar-refractivity contribution in [1.29, 1.82) is 0 Å². The third-order valence-electron chi connectivity index (χ3n) is 5.24. The first-order valence-corrected chi connectivity index (χ1v) is 10.2. The van der Waals surface area contributed by atoms with Gasteiger partial charge in [0, 0.05) is 13.1 Å². The van der Waals surface area contributed by atoms with Crippen LogP contribution in [0.25, 0.3) is 0 Å². The van der Waals surface area contributed by atoms with Crippen LogP contribution in [-0.2, 0) is 6.42 Å². The minimum Gasteiger partial charge on any atom is -0.494 e. The van der Waals surface area contributed by atoms with Crippen LogP contribution in [0.4, 0.5) is 0 Å². The molecule has 1 aliphatic heterocycles. The molecular formula is C23H32N2O2. The Bertz CT molecular complexity index is 728. The molecule has 146 valence electrons. The number of nitrogens with zero attached hydrogens (tertiary/aromatic N) is 1. The third-order valence-corrected chi connectivity index (χ3v) is 5.24. The quantitative estimate of drug-likeness (QED) is 0.724. The topological polar surface area (TPSA) is 33.7 Å². The van der Waals surface area contributed by atoms with E-state index in [1.54, 1.807) is 0 Å². The van der Waals surface area contributed by atoms with Crippen LogP contribution in [0.1, 0.15) is 43.5 Å². The molecule has 4 nitrogen and oxygen atoms in total. The second-order valence-corrected chi connectivity index (χ2v) is 6.88. The van der Waals surface area contributed by atoms with Crippen LogP contribution >= 0.6 is 0 Å². The molecule has 0 fully saturated rings. The number of nitrogens with one attached hydrogen (secondary N) is 1. The van der Waals surface area contributed by atoms with Gasteiger partial charge >= 0.3 is 0 Å². The molecule has 1 atom stereocenters. The summed E-state index contributed by atoms with van der Waals surface area (Å²) in [7, 11) is 0. The summed E-state index contributed by atoms with van der Waals surface area (Å²) in [4.78, 5) is 2.38.